The van der Waals surface area contributed by atoms with Gasteiger partial charge in [0.05, 0.1) is 6.54 Å². The SMILES string of the molecule is Cc1c(C(=O)NCC(=O)N[C@@H](CC(C)C)C(=O)O)oc2c1ccc1ccccc12. The van der Waals surface area contributed by atoms with Crippen LogP contribution < -0.4 is 10.6 Å². The topological polar surface area (TPSA) is 109 Å². The van der Waals surface area contributed by atoms with E-state index < -0.39 is 23.8 Å². The molecular formula is C22H24N2O5. The van der Waals surface area contributed by atoms with Crippen molar-refractivity contribution in [3.63, 3.8) is 0 Å². The van der Waals surface area contributed by atoms with Crippen LogP contribution in [0.4, 0.5) is 0 Å². The van der Waals surface area contributed by atoms with Gasteiger partial charge in [-0.2, -0.15) is 0 Å². The number of furan rings is 1. The number of rotatable bonds is 7. The minimum atomic E-state index is -1.10. The number of aryl methyl sites for hydroxylation is 1. The molecule has 7 nitrogen and oxygen atoms in total. The van der Waals surface area contributed by atoms with Crippen molar-refractivity contribution in [3.05, 3.63) is 47.7 Å². The van der Waals surface area contributed by atoms with Crippen LogP contribution in [-0.2, 0) is 9.59 Å². The number of carboxylic acids is 1. The molecule has 1 heterocycles. The van der Waals surface area contributed by atoms with Crippen molar-refractivity contribution in [2.75, 3.05) is 6.54 Å². The Morgan fingerprint density at radius 3 is 2.48 bits per heavy atom. The highest BCUT2D eigenvalue weighted by molar-refractivity contribution is 6.09. The summed E-state index contributed by atoms with van der Waals surface area (Å²) in [6.45, 7) is 5.20. The van der Waals surface area contributed by atoms with Crippen LogP contribution in [0.25, 0.3) is 21.7 Å². The number of amides is 2. The standard InChI is InChI=1S/C22H24N2O5/c1-12(2)10-17(22(27)28)24-18(25)11-23-21(26)19-13(3)15-9-8-14-6-4-5-7-16(14)20(15)29-19/h4-9,12,17H,10-11H2,1-3H3,(H,23,26)(H,24,25)(H,27,28)/t17-/m0/s1. The summed E-state index contributed by atoms with van der Waals surface area (Å²) in [6.07, 6.45) is 0.310. The first kappa shape index (κ1) is 20.4. The molecule has 0 saturated carbocycles. The predicted molar refractivity (Wildman–Crippen MR) is 110 cm³/mol. The summed E-state index contributed by atoms with van der Waals surface area (Å²) < 4.78 is 5.84. The fourth-order valence-corrected chi connectivity index (χ4v) is 3.34. The Hall–Kier alpha value is -3.35. The van der Waals surface area contributed by atoms with Gasteiger partial charge in [0.25, 0.3) is 5.91 Å². The predicted octanol–water partition coefficient (Wildman–Crippen LogP) is 3.24. The zero-order chi connectivity index (χ0) is 21.1. The third kappa shape index (κ3) is 4.39. The molecule has 0 spiro atoms. The number of carboxylic acid groups (broad SMARTS) is 1. The number of nitrogens with one attached hydrogen (secondary N) is 2. The minimum Gasteiger partial charge on any atom is -0.480 e. The largest absolute Gasteiger partial charge is 0.480 e. The van der Waals surface area contributed by atoms with Gasteiger partial charge < -0.3 is 20.2 Å². The van der Waals surface area contributed by atoms with Gasteiger partial charge in [0.1, 0.15) is 11.6 Å². The normalized spacial score (nSPS) is 12.3. The summed E-state index contributed by atoms with van der Waals surface area (Å²) >= 11 is 0. The third-order valence-corrected chi connectivity index (χ3v) is 4.78. The fourth-order valence-electron chi connectivity index (χ4n) is 3.34. The van der Waals surface area contributed by atoms with Crippen molar-refractivity contribution in [3.8, 4) is 0 Å². The highest BCUT2D eigenvalue weighted by Crippen LogP contribution is 2.31. The van der Waals surface area contributed by atoms with E-state index in [2.05, 4.69) is 10.6 Å². The molecule has 3 rings (SSSR count). The van der Waals surface area contributed by atoms with Crippen LogP contribution in [0.3, 0.4) is 0 Å². The van der Waals surface area contributed by atoms with E-state index in [-0.39, 0.29) is 18.2 Å². The lowest BCUT2D eigenvalue weighted by Gasteiger charge is -2.16. The molecule has 0 radical (unpaired) electrons. The van der Waals surface area contributed by atoms with Gasteiger partial charge in [0.2, 0.25) is 5.91 Å². The van der Waals surface area contributed by atoms with E-state index in [1.165, 1.54) is 0 Å². The van der Waals surface area contributed by atoms with Crippen LogP contribution in [0.1, 0.15) is 36.4 Å². The number of aliphatic carboxylic acids is 1. The zero-order valence-electron chi connectivity index (χ0n) is 16.6. The number of hydrogen-bond acceptors (Lipinski definition) is 4. The Bertz CT molecular complexity index is 1080. The van der Waals surface area contributed by atoms with E-state index in [9.17, 15) is 19.5 Å². The molecule has 1 aromatic heterocycles. The summed E-state index contributed by atoms with van der Waals surface area (Å²) in [7, 11) is 0. The smallest absolute Gasteiger partial charge is 0.326 e. The van der Waals surface area contributed by atoms with Crippen molar-refractivity contribution in [1.29, 1.82) is 0 Å². The van der Waals surface area contributed by atoms with Gasteiger partial charge in [-0.05, 0) is 24.6 Å². The van der Waals surface area contributed by atoms with Gasteiger partial charge >= 0.3 is 5.97 Å². The highest BCUT2D eigenvalue weighted by Gasteiger charge is 2.23. The van der Waals surface area contributed by atoms with Crippen molar-refractivity contribution in [2.45, 2.75) is 33.2 Å². The average Bonchev–Trinajstić information content (AvgIpc) is 3.02. The molecule has 0 aliphatic heterocycles. The second kappa shape index (κ2) is 8.34. The molecule has 0 unspecified atom stereocenters. The van der Waals surface area contributed by atoms with Gasteiger partial charge in [-0.3, -0.25) is 9.59 Å². The lowest BCUT2D eigenvalue weighted by molar-refractivity contribution is -0.142. The monoisotopic (exact) mass is 396 g/mol. The van der Waals surface area contributed by atoms with Crippen LogP contribution in [0.15, 0.2) is 40.8 Å². The molecule has 7 heteroatoms. The molecular weight excluding hydrogens is 372 g/mol. The third-order valence-electron chi connectivity index (χ3n) is 4.78. The first-order valence-electron chi connectivity index (χ1n) is 9.49. The average molecular weight is 396 g/mol. The summed E-state index contributed by atoms with van der Waals surface area (Å²) in [4.78, 5) is 35.9. The van der Waals surface area contributed by atoms with Crippen molar-refractivity contribution in [1.82, 2.24) is 10.6 Å². The summed E-state index contributed by atoms with van der Waals surface area (Å²) in [6, 6.07) is 10.6. The fraction of sp³-hybridized carbons (Fsp3) is 0.318. The van der Waals surface area contributed by atoms with Crippen LogP contribution >= 0.6 is 0 Å². The molecule has 0 aliphatic rings. The van der Waals surface area contributed by atoms with Gasteiger partial charge in [0, 0.05) is 16.3 Å². The van der Waals surface area contributed by atoms with Gasteiger partial charge in [0.15, 0.2) is 5.76 Å². The molecule has 3 N–H and O–H groups in total. The van der Waals surface area contributed by atoms with E-state index in [0.29, 0.717) is 17.6 Å². The van der Waals surface area contributed by atoms with Crippen LogP contribution in [-0.4, -0.2) is 35.5 Å². The molecule has 0 saturated heterocycles. The summed E-state index contributed by atoms with van der Waals surface area (Å²) in [5, 5.41) is 16.9. The molecule has 2 amide bonds. The van der Waals surface area contributed by atoms with E-state index in [0.717, 1.165) is 16.2 Å². The van der Waals surface area contributed by atoms with Crippen molar-refractivity contribution < 1.29 is 23.9 Å². The maximum Gasteiger partial charge on any atom is 0.326 e. The van der Waals surface area contributed by atoms with Crippen molar-refractivity contribution >= 4 is 39.5 Å². The number of carbonyl (C=O) groups excluding carboxylic acids is 2. The molecule has 3 aromatic rings. The first-order chi connectivity index (χ1) is 13.8. The molecule has 152 valence electrons. The Morgan fingerprint density at radius 1 is 1.07 bits per heavy atom. The summed E-state index contributed by atoms with van der Waals surface area (Å²) in [5.41, 5.74) is 1.31. The van der Waals surface area contributed by atoms with Crippen LogP contribution in [0, 0.1) is 12.8 Å². The zero-order valence-corrected chi connectivity index (χ0v) is 16.6. The Morgan fingerprint density at radius 2 is 1.79 bits per heavy atom. The van der Waals surface area contributed by atoms with Crippen LogP contribution in [0.5, 0.6) is 0 Å². The Kier molecular flexibility index (Phi) is 5.87. The lowest BCUT2D eigenvalue weighted by atomic mass is 10.0. The Balaban J connectivity index is 1.73. The molecule has 29 heavy (non-hydrogen) atoms. The number of hydrogen-bond donors (Lipinski definition) is 3. The maximum atomic E-state index is 12.6. The second-order valence-electron chi connectivity index (χ2n) is 7.49. The van der Waals surface area contributed by atoms with Gasteiger partial charge in [-0.1, -0.05) is 50.2 Å². The number of benzene rings is 2. The Labute approximate surface area is 168 Å². The highest BCUT2D eigenvalue weighted by atomic mass is 16.4. The van der Waals surface area contributed by atoms with Crippen molar-refractivity contribution in [2.24, 2.45) is 5.92 Å². The number of fused-ring (bicyclic) bond motifs is 3. The van der Waals surface area contributed by atoms with Gasteiger partial charge in [-0.25, -0.2) is 4.79 Å². The van der Waals surface area contributed by atoms with E-state index in [4.69, 9.17) is 4.42 Å². The van der Waals surface area contributed by atoms with E-state index in [1.54, 1.807) is 6.92 Å². The van der Waals surface area contributed by atoms with Gasteiger partial charge in [-0.15, -0.1) is 0 Å². The van der Waals surface area contributed by atoms with E-state index >= 15 is 0 Å². The summed E-state index contributed by atoms with van der Waals surface area (Å²) in [5.74, 6) is -1.93. The maximum absolute atomic E-state index is 12.6. The molecule has 0 bridgehead atoms. The first-order valence-corrected chi connectivity index (χ1v) is 9.49. The molecule has 0 aliphatic carbocycles. The van der Waals surface area contributed by atoms with E-state index in [1.807, 2.05) is 50.2 Å². The minimum absolute atomic E-state index is 0.110. The second-order valence-corrected chi connectivity index (χ2v) is 7.49. The quantitative estimate of drug-likeness (QED) is 0.568. The number of carbonyl (C=O) groups is 3. The molecule has 0 fully saturated rings. The lowest BCUT2D eigenvalue weighted by Crippen LogP contribution is -2.46. The molecule has 1 atom stereocenters. The molecule has 2 aromatic carbocycles. The van der Waals surface area contributed by atoms with Crippen LogP contribution in [0.2, 0.25) is 0 Å².